The number of fused-ring (bicyclic) bond motifs is 1. The Bertz CT molecular complexity index is 1410. The van der Waals surface area contributed by atoms with Crippen LogP contribution >= 0.6 is 0 Å². The first-order valence-electron chi connectivity index (χ1n) is 13.3. The number of anilines is 1. The Kier molecular flexibility index (Phi) is 6.67. The molecule has 0 spiro atoms. The Morgan fingerprint density at radius 1 is 0.974 bits per heavy atom. The molecule has 10 nitrogen and oxygen atoms in total. The topological polar surface area (TPSA) is 93.8 Å². The highest BCUT2D eigenvalue weighted by Crippen LogP contribution is 2.28. The maximum Gasteiger partial charge on any atom is 0.253 e. The summed E-state index contributed by atoms with van der Waals surface area (Å²) in [6.07, 6.45) is 4.67. The van der Waals surface area contributed by atoms with E-state index < -0.39 is 0 Å². The van der Waals surface area contributed by atoms with Crippen LogP contribution in [0.2, 0.25) is 0 Å². The molecule has 3 aromatic heterocycles. The minimum atomic E-state index is 0.0405. The molecule has 2 saturated heterocycles. The van der Waals surface area contributed by atoms with Gasteiger partial charge >= 0.3 is 0 Å². The maximum absolute atomic E-state index is 6.42. The molecule has 2 aliphatic heterocycles. The fourth-order valence-corrected chi connectivity index (χ4v) is 5.37. The van der Waals surface area contributed by atoms with Gasteiger partial charge in [-0.05, 0) is 33.3 Å². The first kappa shape index (κ1) is 24.7. The smallest absolute Gasteiger partial charge is 0.253 e. The number of aryl methyl sites for hydroxylation is 3. The maximum atomic E-state index is 6.42. The fourth-order valence-electron chi connectivity index (χ4n) is 5.37. The number of benzene rings is 1. The van der Waals surface area contributed by atoms with Crippen molar-refractivity contribution in [2.24, 2.45) is 0 Å². The number of rotatable bonds is 6. The van der Waals surface area contributed by atoms with Crippen LogP contribution in [-0.2, 0) is 4.74 Å². The molecule has 198 valence electrons. The lowest BCUT2D eigenvalue weighted by molar-refractivity contribution is 0.0198. The van der Waals surface area contributed by atoms with Gasteiger partial charge in [-0.25, -0.2) is 9.97 Å². The Balaban J connectivity index is 1.10. The summed E-state index contributed by atoms with van der Waals surface area (Å²) in [6, 6.07) is 9.05. The number of ether oxygens (including phenoxy) is 2. The molecular formula is C28H34N8O2. The molecule has 0 aliphatic carbocycles. The Morgan fingerprint density at radius 2 is 1.76 bits per heavy atom. The molecule has 0 N–H and O–H groups in total. The minimum absolute atomic E-state index is 0.0405. The molecule has 10 heteroatoms. The summed E-state index contributed by atoms with van der Waals surface area (Å²) in [6.45, 7) is 13.3. The van der Waals surface area contributed by atoms with Gasteiger partial charge in [0, 0.05) is 37.7 Å². The summed E-state index contributed by atoms with van der Waals surface area (Å²) >= 11 is 0. The quantitative estimate of drug-likeness (QED) is 0.383. The van der Waals surface area contributed by atoms with Crippen LogP contribution in [0.1, 0.15) is 42.2 Å². The molecule has 5 heterocycles. The van der Waals surface area contributed by atoms with E-state index in [2.05, 4.69) is 56.1 Å². The summed E-state index contributed by atoms with van der Waals surface area (Å²) in [5.74, 6) is 2.95. The van der Waals surface area contributed by atoms with Crippen molar-refractivity contribution in [2.75, 3.05) is 44.3 Å². The second kappa shape index (κ2) is 10.3. The number of aromatic nitrogens is 6. The molecule has 2 atom stereocenters. The minimum Gasteiger partial charge on any atom is -0.485 e. The van der Waals surface area contributed by atoms with E-state index in [1.54, 1.807) is 4.52 Å². The zero-order valence-corrected chi connectivity index (χ0v) is 22.5. The van der Waals surface area contributed by atoms with Gasteiger partial charge in [-0.1, -0.05) is 24.3 Å². The third kappa shape index (κ3) is 4.81. The molecule has 1 unspecified atom stereocenters. The fraction of sp³-hybridized carbons (Fsp3) is 0.464. The van der Waals surface area contributed by atoms with Crippen molar-refractivity contribution in [3.63, 3.8) is 0 Å². The molecule has 4 aromatic rings. The molecule has 0 amide bonds. The summed E-state index contributed by atoms with van der Waals surface area (Å²) < 4.78 is 13.7. The van der Waals surface area contributed by atoms with Crippen LogP contribution in [0.4, 0.5) is 5.82 Å². The molecule has 38 heavy (non-hydrogen) atoms. The first-order chi connectivity index (χ1) is 18.5. The lowest BCUT2D eigenvalue weighted by atomic mass is 10.0. The van der Waals surface area contributed by atoms with E-state index in [-0.39, 0.29) is 6.10 Å². The molecule has 0 saturated carbocycles. The highest BCUT2D eigenvalue weighted by atomic mass is 16.5. The average molecular weight is 515 g/mol. The van der Waals surface area contributed by atoms with Gasteiger partial charge < -0.3 is 14.4 Å². The van der Waals surface area contributed by atoms with Gasteiger partial charge in [-0.2, -0.15) is 9.50 Å². The highest BCUT2D eigenvalue weighted by Gasteiger charge is 2.27. The highest BCUT2D eigenvalue weighted by molar-refractivity contribution is 5.59. The Labute approximate surface area is 222 Å². The lowest BCUT2D eigenvalue weighted by Crippen LogP contribution is -2.37. The number of morpholine rings is 1. The third-order valence-electron chi connectivity index (χ3n) is 7.61. The second-order valence-corrected chi connectivity index (χ2v) is 10.2. The molecule has 2 aliphatic rings. The van der Waals surface area contributed by atoms with Crippen LogP contribution in [0, 0.1) is 20.8 Å². The second-order valence-electron chi connectivity index (χ2n) is 10.2. The molecule has 0 radical (unpaired) electrons. The summed E-state index contributed by atoms with van der Waals surface area (Å²) in [4.78, 5) is 23.1. The van der Waals surface area contributed by atoms with Gasteiger partial charge in [-0.3, -0.25) is 9.88 Å². The molecule has 6 rings (SSSR count). The summed E-state index contributed by atoms with van der Waals surface area (Å²) in [5, 5.41) is 4.45. The van der Waals surface area contributed by atoms with Crippen LogP contribution in [0.5, 0.6) is 5.75 Å². The van der Waals surface area contributed by atoms with E-state index in [0.717, 1.165) is 80.0 Å². The number of nitrogens with zero attached hydrogens (tertiary/aromatic N) is 8. The van der Waals surface area contributed by atoms with Gasteiger partial charge in [0.25, 0.3) is 5.78 Å². The van der Waals surface area contributed by atoms with Crippen LogP contribution in [0.3, 0.4) is 0 Å². The van der Waals surface area contributed by atoms with E-state index in [1.807, 2.05) is 33.2 Å². The van der Waals surface area contributed by atoms with Crippen LogP contribution in [0.15, 0.2) is 36.7 Å². The lowest BCUT2D eigenvalue weighted by Gasteiger charge is -2.32. The van der Waals surface area contributed by atoms with Crippen molar-refractivity contribution in [1.82, 2.24) is 34.4 Å². The van der Waals surface area contributed by atoms with Gasteiger partial charge in [0.05, 0.1) is 49.2 Å². The van der Waals surface area contributed by atoms with Crippen LogP contribution in [0.25, 0.3) is 17.0 Å². The SMILES string of the molecule is Cc1nc2nc(C)c(O[C@@H]3CCN(c4cnc(-c5ccc(C(C)N6CCOCC6)cc5)cn4)C3)c(C)n2n1. The summed E-state index contributed by atoms with van der Waals surface area (Å²) in [5.41, 5.74) is 5.00. The predicted molar refractivity (Wildman–Crippen MR) is 145 cm³/mol. The molecule has 1 aromatic carbocycles. The molecule has 2 fully saturated rings. The standard InChI is InChI=1S/C28H34N8O2/c1-18-27(20(3)36-28(31-18)32-21(4)33-36)38-24-9-10-35(17-24)26-16-29-25(15-30-26)23-7-5-22(6-8-23)19(2)34-11-13-37-14-12-34/h5-8,15-16,19,24H,9-14,17H2,1-4H3/t19?,24-/m1/s1. The largest absolute Gasteiger partial charge is 0.485 e. The zero-order chi connectivity index (χ0) is 26.2. The van der Waals surface area contributed by atoms with E-state index in [4.69, 9.17) is 19.4 Å². The van der Waals surface area contributed by atoms with Crippen LogP contribution in [-0.4, -0.2) is 79.9 Å². The van der Waals surface area contributed by atoms with Crippen LogP contribution < -0.4 is 9.64 Å². The van der Waals surface area contributed by atoms with Crippen molar-refractivity contribution < 1.29 is 9.47 Å². The number of hydrogen-bond donors (Lipinski definition) is 0. The van der Waals surface area contributed by atoms with E-state index in [1.165, 1.54) is 5.56 Å². The molecular weight excluding hydrogens is 480 g/mol. The van der Waals surface area contributed by atoms with Crippen molar-refractivity contribution in [3.8, 4) is 17.0 Å². The van der Waals surface area contributed by atoms with Gasteiger partial charge in [0.2, 0.25) is 0 Å². The normalized spacial score (nSPS) is 19.3. The number of hydrogen-bond acceptors (Lipinski definition) is 9. The van der Waals surface area contributed by atoms with Crippen molar-refractivity contribution >= 4 is 11.6 Å². The predicted octanol–water partition coefficient (Wildman–Crippen LogP) is 3.56. The molecule has 0 bridgehead atoms. The van der Waals surface area contributed by atoms with E-state index in [9.17, 15) is 0 Å². The Morgan fingerprint density at radius 3 is 2.50 bits per heavy atom. The van der Waals surface area contributed by atoms with Gasteiger partial charge in [-0.15, -0.1) is 5.10 Å². The average Bonchev–Trinajstić information content (AvgIpc) is 3.57. The van der Waals surface area contributed by atoms with Crippen molar-refractivity contribution in [2.45, 2.75) is 46.3 Å². The van der Waals surface area contributed by atoms with Gasteiger partial charge in [0.1, 0.15) is 17.7 Å². The first-order valence-corrected chi connectivity index (χ1v) is 13.3. The van der Waals surface area contributed by atoms with E-state index in [0.29, 0.717) is 17.6 Å². The van der Waals surface area contributed by atoms with Gasteiger partial charge in [0.15, 0.2) is 5.75 Å². The Hall–Kier alpha value is -3.63. The van der Waals surface area contributed by atoms with Crippen molar-refractivity contribution in [1.29, 1.82) is 0 Å². The monoisotopic (exact) mass is 514 g/mol. The van der Waals surface area contributed by atoms with Crippen molar-refractivity contribution in [3.05, 3.63) is 59.4 Å². The zero-order valence-electron chi connectivity index (χ0n) is 22.5. The third-order valence-corrected chi connectivity index (χ3v) is 7.61. The van der Waals surface area contributed by atoms with E-state index >= 15 is 0 Å². The summed E-state index contributed by atoms with van der Waals surface area (Å²) in [7, 11) is 0.